The molecule has 2 aromatic carbocycles. The van der Waals surface area contributed by atoms with Crippen LogP contribution < -0.4 is 0 Å². The minimum absolute atomic E-state index is 0.0554. The first-order chi connectivity index (χ1) is 8.74. The molecular weight excluding hydrogens is 250 g/mol. The molecule has 1 aromatic heterocycles. The Morgan fingerprint density at radius 1 is 1.06 bits per heavy atom. The van der Waals surface area contributed by atoms with E-state index in [9.17, 15) is 4.79 Å². The summed E-state index contributed by atoms with van der Waals surface area (Å²) in [6, 6.07) is 15.5. The molecule has 0 atom stereocenters. The molecule has 3 aromatic rings. The number of nitrogens with zero attached hydrogens (tertiary/aromatic N) is 1. The summed E-state index contributed by atoms with van der Waals surface area (Å²) in [4.78, 5) is 10.9. The van der Waals surface area contributed by atoms with Crippen LogP contribution in [0.25, 0.3) is 22.0 Å². The van der Waals surface area contributed by atoms with E-state index in [-0.39, 0.29) is 5.76 Å². The second kappa shape index (κ2) is 4.27. The molecule has 0 aliphatic carbocycles. The van der Waals surface area contributed by atoms with Crippen molar-refractivity contribution in [3.8, 4) is 11.3 Å². The summed E-state index contributed by atoms with van der Waals surface area (Å²) in [5.74, 6) is 0.0554. The van der Waals surface area contributed by atoms with Gasteiger partial charge in [0, 0.05) is 11.6 Å². The van der Waals surface area contributed by atoms with E-state index >= 15 is 0 Å². The molecule has 3 rings (SSSR count). The van der Waals surface area contributed by atoms with E-state index in [0.717, 1.165) is 16.3 Å². The predicted molar refractivity (Wildman–Crippen MR) is 69.6 cm³/mol. The minimum atomic E-state index is -0.644. The van der Waals surface area contributed by atoms with Crippen LogP contribution in [0.1, 0.15) is 10.6 Å². The van der Waals surface area contributed by atoms with Crippen molar-refractivity contribution in [1.82, 2.24) is 5.16 Å². The molecule has 0 saturated carbocycles. The average molecular weight is 258 g/mol. The monoisotopic (exact) mass is 257 g/mol. The van der Waals surface area contributed by atoms with Gasteiger partial charge < -0.3 is 4.52 Å². The second-order valence-corrected chi connectivity index (χ2v) is 4.26. The lowest BCUT2D eigenvalue weighted by molar-refractivity contribution is 0.104. The van der Waals surface area contributed by atoms with E-state index in [1.54, 1.807) is 6.07 Å². The summed E-state index contributed by atoms with van der Waals surface area (Å²) in [6.45, 7) is 0. The van der Waals surface area contributed by atoms with Gasteiger partial charge in [-0.3, -0.25) is 4.79 Å². The Hall–Kier alpha value is -2.13. The first-order valence-electron chi connectivity index (χ1n) is 5.40. The Morgan fingerprint density at radius 3 is 2.56 bits per heavy atom. The highest BCUT2D eigenvalue weighted by Gasteiger charge is 2.11. The molecule has 0 aliphatic heterocycles. The topological polar surface area (TPSA) is 43.1 Å². The number of halogens is 1. The summed E-state index contributed by atoms with van der Waals surface area (Å²) in [5.41, 5.74) is 1.49. The number of carbonyl (C=O) groups is 1. The van der Waals surface area contributed by atoms with Crippen molar-refractivity contribution in [3.63, 3.8) is 0 Å². The number of rotatable bonds is 2. The fourth-order valence-corrected chi connectivity index (χ4v) is 1.94. The first kappa shape index (κ1) is 11.0. The smallest absolute Gasteiger partial charge is 0.290 e. The van der Waals surface area contributed by atoms with E-state index in [1.807, 2.05) is 42.5 Å². The molecule has 1 heterocycles. The van der Waals surface area contributed by atoms with Crippen molar-refractivity contribution in [1.29, 1.82) is 0 Å². The Balaban J connectivity index is 2.10. The minimum Gasteiger partial charge on any atom is -0.351 e. The molecule has 0 amide bonds. The Kier molecular flexibility index (Phi) is 2.61. The molecule has 0 radical (unpaired) electrons. The van der Waals surface area contributed by atoms with Crippen molar-refractivity contribution in [3.05, 3.63) is 54.3 Å². The van der Waals surface area contributed by atoms with Crippen molar-refractivity contribution < 1.29 is 9.32 Å². The third-order valence-electron chi connectivity index (χ3n) is 2.75. The number of hydrogen-bond acceptors (Lipinski definition) is 3. The van der Waals surface area contributed by atoms with Gasteiger partial charge in [0.05, 0.1) is 0 Å². The van der Waals surface area contributed by atoms with Gasteiger partial charge in [0.2, 0.25) is 5.76 Å². The lowest BCUT2D eigenvalue weighted by atomic mass is 10.1. The number of carbonyl (C=O) groups excluding carboxylic acids is 1. The molecule has 18 heavy (non-hydrogen) atoms. The Labute approximate surface area is 108 Å². The van der Waals surface area contributed by atoms with Gasteiger partial charge in [0.1, 0.15) is 5.69 Å². The van der Waals surface area contributed by atoms with E-state index in [0.29, 0.717) is 5.69 Å². The zero-order valence-electron chi connectivity index (χ0n) is 9.26. The number of aromatic nitrogens is 1. The van der Waals surface area contributed by atoms with E-state index in [1.165, 1.54) is 0 Å². The van der Waals surface area contributed by atoms with Crippen LogP contribution in [-0.2, 0) is 0 Å². The summed E-state index contributed by atoms with van der Waals surface area (Å²) >= 11 is 5.33. The van der Waals surface area contributed by atoms with Gasteiger partial charge >= 0.3 is 0 Å². The van der Waals surface area contributed by atoms with Gasteiger partial charge in [-0.15, -0.1) is 0 Å². The van der Waals surface area contributed by atoms with Gasteiger partial charge in [0.25, 0.3) is 5.24 Å². The molecule has 0 fully saturated rings. The average Bonchev–Trinajstić information content (AvgIpc) is 2.88. The van der Waals surface area contributed by atoms with Crippen LogP contribution in [0.2, 0.25) is 0 Å². The van der Waals surface area contributed by atoms with Crippen LogP contribution in [0.4, 0.5) is 0 Å². The Morgan fingerprint density at radius 2 is 1.83 bits per heavy atom. The molecule has 0 N–H and O–H groups in total. The second-order valence-electron chi connectivity index (χ2n) is 3.91. The van der Waals surface area contributed by atoms with Gasteiger partial charge in [-0.1, -0.05) is 41.6 Å². The van der Waals surface area contributed by atoms with Crippen LogP contribution >= 0.6 is 11.6 Å². The third kappa shape index (κ3) is 1.89. The van der Waals surface area contributed by atoms with Crippen LogP contribution in [0.15, 0.2) is 53.1 Å². The maximum Gasteiger partial charge on any atom is 0.290 e. The zero-order chi connectivity index (χ0) is 12.5. The zero-order valence-corrected chi connectivity index (χ0v) is 10.0. The fourth-order valence-electron chi connectivity index (χ4n) is 1.85. The summed E-state index contributed by atoms with van der Waals surface area (Å²) < 4.78 is 4.86. The van der Waals surface area contributed by atoms with Crippen LogP contribution in [0, 0.1) is 0 Å². The van der Waals surface area contributed by atoms with Crippen molar-refractivity contribution in [2.45, 2.75) is 0 Å². The Bertz CT molecular complexity index is 733. The molecule has 3 nitrogen and oxygen atoms in total. The third-order valence-corrected chi connectivity index (χ3v) is 2.94. The number of fused-ring (bicyclic) bond motifs is 1. The highest BCUT2D eigenvalue weighted by Crippen LogP contribution is 2.24. The molecular formula is C14H8ClNO2. The van der Waals surface area contributed by atoms with Crippen molar-refractivity contribution in [2.24, 2.45) is 0 Å². The predicted octanol–water partition coefficient (Wildman–Crippen LogP) is 3.87. The van der Waals surface area contributed by atoms with E-state index in [4.69, 9.17) is 16.1 Å². The number of benzene rings is 2. The lowest BCUT2D eigenvalue weighted by Gasteiger charge is -1.99. The van der Waals surface area contributed by atoms with Crippen LogP contribution in [0.3, 0.4) is 0 Å². The number of hydrogen-bond donors (Lipinski definition) is 0. The highest BCUT2D eigenvalue weighted by atomic mass is 35.5. The lowest BCUT2D eigenvalue weighted by Crippen LogP contribution is -1.82. The first-order valence-corrected chi connectivity index (χ1v) is 5.77. The summed E-state index contributed by atoms with van der Waals surface area (Å²) in [5, 5.41) is 5.45. The van der Waals surface area contributed by atoms with Crippen LogP contribution in [-0.4, -0.2) is 10.4 Å². The summed E-state index contributed by atoms with van der Waals surface area (Å²) in [7, 11) is 0. The normalized spacial score (nSPS) is 10.7. The quantitative estimate of drug-likeness (QED) is 0.655. The molecule has 0 bridgehead atoms. The maximum absolute atomic E-state index is 10.9. The van der Waals surface area contributed by atoms with Gasteiger partial charge in [-0.05, 0) is 28.4 Å². The van der Waals surface area contributed by atoms with Gasteiger partial charge in [-0.2, -0.15) is 0 Å². The van der Waals surface area contributed by atoms with Crippen molar-refractivity contribution >= 4 is 27.6 Å². The SMILES string of the molecule is O=C(Cl)c1cc(-c2ccc3ccccc3c2)no1. The molecule has 0 saturated heterocycles. The van der Waals surface area contributed by atoms with E-state index in [2.05, 4.69) is 5.16 Å². The molecule has 0 unspecified atom stereocenters. The highest BCUT2D eigenvalue weighted by molar-refractivity contribution is 6.67. The van der Waals surface area contributed by atoms with Crippen LogP contribution in [0.5, 0.6) is 0 Å². The summed E-state index contributed by atoms with van der Waals surface area (Å²) in [6.07, 6.45) is 0. The van der Waals surface area contributed by atoms with Gasteiger partial charge in [0.15, 0.2) is 0 Å². The standard InChI is InChI=1S/C14H8ClNO2/c15-14(17)13-8-12(16-18-13)11-6-5-9-3-1-2-4-10(9)7-11/h1-8H. The molecule has 0 spiro atoms. The van der Waals surface area contributed by atoms with Gasteiger partial charge in [-0.25, -0.2) is 0 Å². The van der Waals surface area contributed by atoms with E-state index < -0.39 is 5.24 Å². The maximum atomic E-state index is 10.9. The molecule has 4 heteroatoms. The molecule has 0 aliphatic rings. The fraction of sp³-hybridized carbons (Fsp3) is 0. The van der Waals surface area contributed by atoms with Crippen molar-refractivity contribution in [2.75, 3.05) is 0 Å². The largest absolute Gasteiger partial charge is 0.351 e. The molecule has 88 valence electrons.